The molecule has 2 N–H and O–H groups in total. The number of carbonyl (C=O) groups is 1. The van der Waals surface area contributed by atoms with Gasteiger partial charge in [-0.05, 0) is 38.0 Å². The lowest BCUT2D eigenvalue weighted by Gasteiger charge is -2.39. The second-order valence-corrected chi connectivity index (χ2v) is 9.51. The largest absolute Gasteiger partial charge is 0.342 e. The van der Waals surface area contributed by atoms with Gasteiger partial charge in [0.1, 0.15) is 0 Å². The van der Waals surface area contributed by atoms with Crippen molar-refractivity contribution in [3.05, 3.63) is 27.0 Å². The van der Waals surface area contributed by atoms with Gasteiger partial charge in [0.15, 0.2) is 4.90 Å². The fourth-order valence-corrected chi connectivity index (χ4v) is 5.60. The molecule has 1 saturated carbocycles. The molecular formula is C16H22N4O5S. The Labute approximate surface area is 150 Å². The van der Waals surface area contributed by atoms with Crippen LogP contribution in [0.1, 0.15) is 32.1 Å². The third kappa shape index (κ3) is 2.90. The van der Waals surface area contributed by atoms with E-state index in [2.05, 4.69) is 4.98 Å². The average molecular weight is 382 g/mol. The van der Waals surface area contributed by atoms with Gasteiger partial charge in [0.05, 0.1) is 5.41 Å². The van der Waals surface area contributed by atoms with E-state index in [9.17, 15) is 22.8 Å². The van der Waals surface area contributed by atoms with Crippen LogP contribution >= 0.6 is 0 Å². The summed E-state index contributed by atoms with van der Waals surface area (Å²) in [5.74, 6) is 0.638. The molecule has 1 atom stereocenters. The molecule has 142 valence electrons. The monoisotopic (exact) mass is 382 g/mol. The summed E-state index contributed by atoms with van der Waals surface area (Å²) in [4.78, 5) is 41.6. The molecule has 0 aromatic carbocycles. The second-order valence-electron chi connectivity index (χ2n) is 7.60. The van der Waals surface area contributed by atoms with Crippen LogP contribution in [-0.4, -0.2) is 59.7 Å². The number of piperidine rings is 1. The fourth-order valence-electron chi connectivity index (χ4n) is 4.08. The van der Waals surface area contributed by atoms with Crippen LogP contribution in [0, 0.1) is 11.3 Å². The Kier molecular flexibility index (Phi) is 4.07. The third-order valence-electron chi connectivity index (χ3n) is 5.72. The summed E-state index contributed by atoms with van der Waals surface area (Å²) in [5.41, 5.74) is -2.39. The summed E-state index contributed by atoms with van der Waals surface area (Å²) in [6.45, 7) is 1.80. The topological polar surface area (TPSA) is 123 Å². The Balaban J connectivity index is 1.58. The van der Waals surface area contributed by atoms with Crippen molar-refractivity contribution in [3.8, 4) is 0 Å². The van der Waals surface area contributed by atoms with Crippen LogP contribution in [-0.2, 0) is 14.8 Å². The second kappa shape index (κ2) is 6.05. The minimum Gasteiger partial charge on any atom is -0.342 e. The molecule has 2 aliphatic heterocycles. The average Bonchev–Trinajstić information content (AvgIpc) is 3.29. The van der Waals surface area contributed by atoms with Gasteiger partial charge in [0.2, 0.25) is 15.9 Å². The van der Waals surface area contributed by atoms with Crippen molar-refractivity contribution in [2.75, 3.05) is 26.2 Å². The van der Waals surface area contributed by atoms with Gasteiger partial charge in [-0.25, -0.2) is 13.2 Å². The first-order valence-electron chi connectivity index (χ1n) is 8.93. The lowest BCUT2D eigenvalue weighted by Crippen LogP contribution is -2.51. The van der Waals surface area contributed by atoms with Gasteiger partial charge in [-0.3, -0.25) is 14.6 Å². The number of hydrogen-bond acceptors (Lipinski definition) is 5. The molecule has 0 radical (unpaired) electrons. The normalized spacial score (nSPS) is 27.4. The summed E-state index contributed by atoms with van der Waals surface area (Å²) in [5, 5.41) is 0. The molecule has 9 nitrogen and oxygen atoms in total. The molecule has 1 amide bonds. The van der Waals surface area contributed by atoms with E-state index in [1.54, 1.807) is 0 Å². The van der Waals surface area contributed by atoms with Crippen LogP contribution in [0.2, 0.25) is 0 Å². The van der Waals surface area contributed by atoms with Crippen molar-refractivity contribution in [1.82, 2.24) is 19.2 Å². The number of likely N-dealkylation sites (tertiary alicyclic amines) is 1. The standard InChI is InChI=1S/C16H22N4O5S/c21-13-12(8-17-15(23)18-13)26(24,25)20-7-5-16(10-20)4-1-6-19(14(16)22)9-11-2-3-11/h8,11H,1-7,9-10H2,(H2,17,18,21,23)/t16-/m0/s1. The highest BCUT2D eigenvalue weighted by Crippen LogP contribution is 2.42. The van der Waals surface area contributed by atoms with Gasteiger partial charge >= 0.3 is 5.69 Å². The number of sulfonamides is 1. The summed E-state index contributed by atoms with van der Waals surface area (Å²) >= 11 is 0. The molecule has 3 fully saturated rings. The zero-order chi connectivity index (χ0) is 18.5. The number of H-pyrrole nitrogens is 2. The Hall–Kier alpha value is -1.94. The lowest BCUT2D eigenvalue weighted by atomic mass is 9.78. The zero-order valence-electron chi connectivity index (χ0n) is 14.4. The minimum atomic E-state index is -4.06. The third-order valence-corrected chi connectivity index (χ3v) is 7.57. The molecule has 1 spiro atoms. The van der Waals surface area contributed by atoms with Crippen LogP contribution in [0.25, 0.3) is 0 Å². The van der Waals surface area contributed by atoms with Crippen molar-refractivity contribution in [2.45, 2.75) is 37.0 Å². The molecule has 3 aliphatic rings. The Morgan fingerprint density at radius 1 is 1.15 bits per heavy atom. The molecular weight excluding hydrogens is 360 g/mol. The number of aromatic nitrogens is 2. The van der Waals surface area contributed by atoms with Gasteiger partial charge in [0, 0.05) is 32.4 Å². The first-order chi connectivity index (χ1) is 12.3. The van der Waals surface area contributed by atoms with E-state index in [4.69, 9.17) is 0 Å². The number of aromatic amines is 2. The van der Waals surface area contributed by atoms with Gasteiger partial charge in [-0.2, -0.15) is 4.31 Å². The smallest absolute Gasteiger partial charge is 0.325 e. The van der Waals surface area contributed by atoms with Crippen LogP contribution < -0.4 is 11.2 Å². The van der Waals surface area contributed by atoms with Gasteiger partial charge < -0.3 is 9.88 Å². The van der Waals surface area contributed by atoms with Crippen molar-refractivity contribution in [2.24, 2.45) is 11.3 Å². The SMILES string of the molecule is O=C1N(CC2CC2)CCC[C@@]12CCN(S(=O)(=O)c1c[nH]c(=O)[nH]c1=O)C2. The highest BCUT2D eigenvalue weighted by molar-refractivity contribution is 7.89. The van der Waals surface area contributed by atoms with E-state index in [1.165, 1.54) is 4.31 Å². The van der Waals surface area contributed by atoms with Gasteiger partial charge in [-0.15, -0.1) is 0 Å². The van der Waals surface area contributed by atoms with Crippen LogP contribution in [0.5, 0.6) is 0 Å². The van der Waals surface area contributed by atoms with Gasteiger partial charge in [-0.1, -0.05) is 0 Å². The lowest BCUT2D eigenvalue weighted by molar-refractivity contribution is -0.145. The highest BCUT2D eigenvalue weighted by Gasteiger charge is 2.51. The molecule has 26 heavy (non-hydrogen) atoms. The number of amides is 1. The molecule has 10 heteroatoms. The van der Waals surface area contributed by atoms with Crippen LogP contribution in [0.4, 0.5) is 0 Å². The number of hydrogen-bond donors (Lipinski definition) is 2. The predicted octanol–water partition coefficient (Wildman–Crippen LogP) is -0.524. The molecule has 0 bridgehead atoms. The first kappa shape index (κ1) is 17.5. The number of rotatable bonds is 4. The Morgan fingerprint density at radius 3 is 2.62 bits per heavy atom. The molecule has 0 unspecified atom stereocenters. The predicted molar refractivity (Wildman–Crippen MR) is 92.0 cm³/mol. The zero-order valence-corrected chi connectivity index (χ0v) is 15.2. The molecule has 3 heterocycles. The van der Waals surface area contributed by atoms with E-state index in [-0.39, 0.29) is 19.0 Å². The summed E-state index contributed by atoms with van der Waals surface area (Å²) in [6, 6.07) is 0. The van der Waals surface area contributed by atoms with Crippen LogP contribution in [0.15, 0.2) is 20.7 Å². The minimum absolute atomic E-state index is 0.0451. The Morgan fingerprint density at radius 2 is 1.92 bits per heavy atom. The number of nitrogens with one attached hydrogen (secondary N) is 2. The van der Waals surface area contributed by atoms with E-state index in [0.717, 1.165) is 38.5 Å². The maximum atomic E-state index is 13.0. The van der Waals surface area contributed by atoms with Gasteiger partial charge in [0.25, 0.3) is 5.56 Å². The highest BCUT2D eigenvalue weighted by atomic mass is 32.2. The molecule has 2 saturated heterocycles. The maximum Gasteiger partial charge on any atom is 0.325 e. The van der Waals surface area contributed by atoms with Crippen LogP contribution in [0.3, 0.4) is 0 Å². The van der Waals surface area contributed by atoms with E-state index < -0.39 is 31.6 Å². The van der Waals surface area contributed by atoms with E-state index in [0.29, 0.717) is 18.8 Å². The van der Waals surface area contributed by atoms with Crippen molar-refractivity contribution in [1.29, 1.82) is 0 Å². The number of nitrogens with zero attached hydrogens (tertiary/aromatic N) is 2. The molecule has 4 rings (SSSR count). The van der Waals surface area contributed by atoms with Crippen molar-refractivity contribution < 1.29 is 13.2 Å². The summed E-state index contributed by atoms with van der Waals surface area (Å²) in [6.07, 6.45) is 5.24. The molecule has 1 aliphatic carbocycles. The van der Waals surface area contributed by atoms with Crippen molar-refractivity contribution >= 4 is 15.9 Å². The maximum absolute atomic E-state index is 13.0. The van der Waals surface area contributed by atoms with E-state index in [1.807, 2.05) is 9.88 Å². The summed E-state index contributed by atoms with van der Waals surface area (Å²) < 4.78 is 26.9. The Bertz CT molecular complexity index is 948. The quantitative estimate of drug-likeness (QED) is 0.725. The van der Waals surface area contributed by atoms with Crippen molar-refractivity contribution in [3.63, 3.8) is 0 Å². The van der Waals surface area contributed by atoms with E-state index >= 15 is 0 Å². The molecule has 1 aromatic rings. The first-order valence-corrected chi connectivity index (χ1v) is 10.4. The fraction of sp³-hybridized carbons (Fsp3) is 0.688. The molecule has 1 aromatic heterocycles. The summed E-state index contributed by atoms with van der Waals surface area (Å²) in [7, 11) is -4.06. The number of carbonyl (C=O) groups excluding carboxylic acids is 1.